The van der Waals surface area contributed by atoms with Gasteiger partial charge in [0.2, 0.25) is 15.9 Å². The van der Waals surface area contributed by atoms with Crippen LogP contribution in [0.2, 0.25) is 0 Å². The van der Waals surface area contributed by atoms with Crippen molar-refractivity contribution in [1.82, 2.24) is 4.72 Å². The first-order valence-electron chi connectivity index (χ1n) is 9.34. The van der Waals surface area contributed by atoms with Crippen LogP contribution in [-0.4, -0.2) is 48.3 Å². The molecule has 0 bridgehead atoms. The maximum Gasteiger partial charge on any atom is 0.240 e. The van der Waals surface area contributed by atoms with Crippen LogP contribution in [0.4, 0.5) is 5.69 Å². The van der Waals surface area contributed by atoms with Gasteiger partial charge in [-0.3, -0.25) is 4.79 Å². The van der Waals surface area contributed by atoms with E-state index in [1.54, 1.807) is 18.2 Å². The normalized spacial score (nSPS) is 13.3. The van der Waals surface area contributed by atoms with Crippen molar-refractivity contribution in [3.63, 3.8) is 0 Å². The van der Waals surface area contributed by atoms with Gasteiger partial charge in [-0.25, -0.2) is 13.1 Å². The monoisotopic (exact) mass is 436 g/mol. The smallest absolute Gasteiger partial charge is 0.240 e. The molecule has 0 fully saturated rings. The van der Waals surface area contributed by atoms with E-state index < -0.39 is 10.0 Å². The molecule has 9 nitrogen and oxygen atoms in total. The quantitative estimate of drug-likeness (QED) is 0.652. The Balaban J connectivity index is 1.55. The average molecular weight is 436 g/mol. The van der Waals surface area contributed by atoms with Gasteiger partial charge in [-0.15, -0.1) is 0 Å². The summed E-state index contributed by atoms with van der Waals surface area (Å²) in [5, 5.41) is 2.73. The molecule has 0 aromatic heterocycles. The molecular formula is C20H24N2O7S. The molecule has 1 heterocycles. The molecule has 0 saturated heterocycles. The van der Waals surface area contributed by atoms with Crippen LogP contribution in [-0.2, 0) is 14.8 Å². The zero-order valence-corrected chi connectivity index (χ0v) is 17.6. The third-order valence-electron chi connectivity index (χ3n) is 4.34. The molecular weight excluding hydrogens is 412 g/mol. The fourth-order valence-electron chi connectivity index (χ4n) is 2.83. The van der Waals surface area contributed by atoms with E-state index in [9.17, 15) is 13.2 Å². The van der Waals surface area contributed by atoms with Crippen molar-refractivity contribution in [1.29, 1.82) is 0 Å². The van der Waals surface area contributed by atoms with Crippen molar-refractivity contribution in [3.05, 3.63) is 36.4 Å². The minimum Gasteiger partial charge on any atom is -0.493 e. The van der Waals surface area contributed by atoms with Gasteiger partial charge in [0, 0.05) is 37.2 Å². The molecule has 162 valence electrons. The second kappa shape index (κ2) is 9.68. The van der Waals surface area contributed by atoms with Crippen LogP contribution in [0.25, 0.3) is 0 Å². The maximum atomic E-state index is 12.5. The molecule has 0 saturated carbocycles. The fourth-order valence-corrected chi connectivity index (χ4v) is 3.88. The maximum absolute atomic E-state index is 12.5. The van der Waals surface area contributed by atoms with Crippen molar-refractivity contribution in [3.8, 4) is 23.0 Å². The summed E-state index contributed by atoms with van der Waals surface area (Å²) in [5.41, 5.74) is 0.548. The standard InChI is InChI=1S/C20H24N2O7S/c1-26-16-7-5-15(13-18(16)27-2)30(24,25)21-9-8-20(23)22-14-4-6-17-19(12-14)29-11-3-10-28-17/h4-7,12-13,21H,3,8-11H2,1-2H3,(H,22,23). The van der Waals surface area contributed by atoms with Crippen LogP contribution in [0.15, 0.2) is 41.3 Å². The topological polar surface area (TPSA) is 112 Å². The minimum atomic E-state index is -3.80. The molecule has 30 heavy (non-hydrogen) atoms. The molecule has 2 N–H and O–H groups in total. The first-order chi connectivity index (χ1) is 14.4. The molecule has 0 atom stereocenters. The Labute approximate surface area is 175 Å². The highest BCUT2D eigenvalue weighted by molar-refractivity contribution is 7.89. The Morgan fingerprint density at radius 1 is 1.00 bits per heavy atom. The number of carbonyl (C=O) groups is 1. The molecule has 1 aliphatic heterocycles. The number of fused-ring (bicyclic) bond motifs is 1. The zero-order valence-electron chi connectivity index (χ0n) is 16.8. The third kappa shape index (κ3) is 5.33. The summed E-state index contributed by atoms with van der Waals surface area (Å²) in [6.45, 7) is 1.06. The second-order valence-corrected chi connectivity index (χ2v) is 8.19. The minimum absolute atomic E-state index is 0.0171. The van der Waals surface area contributed by atoms with Gasteiger partial charge in [0.05, 0.1) is 32.3 Å². The number of carbonyl (C=O) groups excluding carboxylic acids is 1. The molecule has 2 aromatic rings. The Hall–Kier alpha value is -2.98. The van der Waals surface area contributed by atoms with Gasteiger partial charge in [-0.1, -0.05) is 0 Å². The third-order valence-corrected chi connectivity index (χ3v) is 5.80. The Morgan fingerprint density at radius 3 is 2.47 bits per heavy atom. The van der Waals surface area contributed by atoms with Crippen molar-refractivity contribution in [2.24, 2.45) is 0 Å². The lowest BCUT2D eigenvalue weighted by molar-refractivity contribution is -0.116. The number of sulfonamides is 1. The fraction of sp³-hybridized carbons (Fsp3) is 0.350. The number of methoxy groups -OCH3 is 2. The molecule has 0 unspecified atom stereocenters. The number of nitrogens with one attached hydrogen (secondary N) is 2. The predicted octanol–water partition coefficient (Wildman–Crippen LogP) is 2.17. The van der Waals surface area contributed by atoms with Gasteiger partial charge < -0.3 is 24.3 Å². The van der Waals surface area contributed by atoms with Crippen LogP contribution < -0.4 is 29.0 Å². The molecule has 0 radical (unpaired) electrons. The van der Waals surface area contributed by atoms with Crippen molar-refractivity contribution in [2.75, 3.05) is 39.3 Å². The van der Waals surface area contributed by atoms with Gasteiger partial charge >= 0.3 is 0 Å². The SMILES string of the molecule is COc1ccc(S(=O)(=O)NCCC(=O)Nc2ccc3c(c2)OCCCO3)cc1OC. The number of amides is 1. The van der Waals surface area contributed by atoms with E-state index in [0.717, 1.165) is 6.42 Å². The number of hydrogen-bond donors (Lipinski definition) is 2. The Morgan fingerprint density at radius 2 is 1.73 bits per heavy atom. The number of rotatable bonds is 8. The molecule has 3 rings (SSSR count). The van der Waals surface area contributed by atoms with Crippen LogP contribution in [0, 0.1) is 0 Å². The van der Waals surface area contributed by atoms with E-state index in [2.05, 4.69) is 10.0 Å². The van der Waals surface area contributed by atoms with Crippen molar-refractivity contribution >= 4 is 21.6 Å². The van der Waals surface area contributed by atoms with Crippen molar-refractivity contribution in [2.45, 2.75) is 17.7 Å². The number of ether oxygens (including phenoxy) is 4. The zero-order chi connectivity index (χ0) is 21.6. The van der Waals surface area contributed by atoms with E-state index in [1.807, 2.05) is 0 Å². The summed E-state index contributed by atoms with van der Waals surface area (Å²) in [4.78, 5) is 12.2. The van der Waals surface area contributed by atoms with Crippen LogP contribution in [0.3, 0.4) is 0 Å². The molecule has 10 heteroatoms. The largest absolute Gasteiger partial charge is 0.493 e. The summed E-state index contributed by atoms with van der Waals surface area (Å²) in [6, 6.07) is 9.40. The predicted molar refractivity (Wildman–Crippen MR) is 110 cm³/mol. The summed E-state index contributed by atoms with van der Waals surface area (Å²) in [6.07, 6.45) is 0.748. The van der Waals surface area contributed by atoms with Gasteiger partial charge in [0.15, 0.2) is 23.0 Å². The lowest BCUT2D eigenvalue weighted by Crippen LogP contribution is -2.27. The molecule has 0 aliphatic carbocycles. The lowest BCUT2D eigenvalue weighted by Gasteiger charge is -2.12. The van der Waals surface area contributed by atoms with Gasteiger partial charge in [-0.2, -0.15) is 0 Å². The summed E-state index contributed by atoms with van der Waals surface area (Å²) < 4.78 is 48.7. The second-order valence-electron chi connectivity index (χ2n) is 6.42. The highest BCUT2D eigenvalue weighted by Crippen LogP contribution is 2.32. The number of anilines is 1. The average Bonchev–Trinajstić information content (AvgIpc) is 2.98. The highest BCUT2D eigenvalue weighted by Gasteiger charge is 2.17. The number of hydrogen-bond acceptors (Lipinski definition) is 7. The van der Waals surface area contributed by atoms with E-state index in [4.69, 9.17) is 18.9 Å². The Kier molecular flexibility index (Phi) is 7.01. The van der Waals surface area contributed by atoms with Crippen LogP contribution in [0.1, 0.15) is 12.8 Å². The Bertz CT molecular complexity index is 1010. The van der Waals surface area contributed by atoms with Gasteiger partial charge in [-0.05, 0) is 24.3 Å². The van der Waals surface area contributed by atoms with Gasteiger partial charge in [0.1, 0.15) is 0 Å². The lowest BCUT2D eigenvalue weighted by atomic mass is 10.2. The summed E-state index contributed by atoms with van der Waals surface area (Å²) >= 11 is 0. The first kappa shape index (κ1) is 21.7. The van der Waals surface area contributed by atoms with E-state index in [-0.39, 0.29) is 23.8 Å². The van der Waals surface area contributed by atoms with Crippen molar-refractivity contribution < 1.29 is 32.2 Å². The molecule has 1 aliphatic rings. The molecule has 0 spiro atoms. The molecule has 2 aromatic carbocycles. The van der Waals surface area contributed by atoms with E-state index in [0.29, 0.717) is 41.9 Å². The van der Waals surface area contributed by atoms with Gasteiger partial charge in [0.25, 0.3) is 0 Å². The summed E-state index contributed by atoms with van der Waals surface area (Å²) in [7, 11) is -0.918. The highest BCUT2D eigenvalue weighted by atomic mass is 32.2. The van der Waals surface area contributed by atoms with E-state index in [1.165, 1.54) is 32.4 Å². The van der Waals surface area contributed by atoms with E-state index >= 15 is 0 Å². The molecule has 1 amide bonds. The van der Waals surface area contributed by atoms with Crippen LogP contribution in [0.5, 0.6) is 23.0 Å². The first-order valence-corrected chi connectivity index (χ1v) is 10.8. The van der Waals surface area contributed by atoms with Crippen LogP contribution >= 0.6 is 0 Å². The number of benzene rings is 2. The summed E-state index contributed by atoms with van der Waals surface area (Å²) in [5.74, 6) is 1.59.